The van der Waals surface area contributed by atoms with Gasteiger partial charge in [-0.05, 0) is 19.3 Å². The van der Waals surface area contributed by atoms with Crippen LogP contribution in [-0.4, -0.2) is 22.6 Å². The Kier molecular flexibility index (Phi) is 1.45. The highest BCUT2D eigenvalue weighted by Crippen LogP contribution is 2.08. The molecule has 0 N–H and O–H groups in total. The zero-order chi connectivity index (χ0) is 6.04. The van der Waals surface area contributed by atoms with Crippen molar-refractivity contribution in [3.8, 4) is 0 Å². The largest absolute Gasteiger partial charge is 0.383 e. The molecule has 1 heterocycles. The number of hydrogen-bond acceptors (Lipinski definition) is 1. The van der Waals surface area contributed by atoms with Crippen LogP contribution in [-0.2, 0) is 4.74 Å². The van der Waals surface area contributed by atoms with Gasteiger partial charge in [-0.15, -0.1) is 0 Å². The van der Waals surface area contributed by atoms with Crippen LogP contribution in [0.1, 0.15) is 20.6 Å². The van der Waals surface area contributed by atoms with E-state index in [1.54, 1.807) is 0 Å². The van der Waals surface area contributed by atoms with Gasteiger partial charge in [0.2, 0.25) is 0 Å². The highest BCUT2D eigenvalue weighted by Gasteiger charge is 2.05. The Labute approximate surface area is 48.9 Å². The molecule has 0 amide bonds. The van der Waals surface area contributed by atoms with Crippen LogP contribution >= 0.6 is 0 Å². The normalized spacial score (nSPS) is 46.0. The summed E-state index contributed by atoms with van der Waals surface area (Å²) in [7, 11) is 0.854. The Morgan fingerprint density at radius 1 is 1.71 bits per heavy atom. The summed E-state index contributed by atoms with van der Waals surface area (Å²) >= 11 is 0. The second-order valence-electron chi connectivity index (χ2n) is 2.01. The Bertz CT molecular complexity index is 76.5. The lowest BCUT2D eigenvalue weighted by Gasteiger charge is -2.17. The minimum absolute atomic E-state index is 0.432. The standard InChI is InChI=1S/C5H12OSi/c7-5-3-1-2-4-6-5/h5H,1-4H2,7H3/i5D. The molecule has 0 saturated carbocycles. The highest BCUT2D eigenvalue weighted by atomic mass is 28.1. The molecule has 1 rings (SSSR count). The first kappa shape index (κ1) is 4.10. The molecule has 0 aromatic rings. The second-order valence-corrected chi connectivity index (χ2v) is 3.12. The van der Waals surface area contributed by atoms with E-state index < -0.39 is 5.70 Å². The molecule has 0 spiro atoms. The fraction of sp³-hybridized carbons (Fsp3) is 1.00. The Hall–Kier alpha value is 0.177. The van der Waals surface area contributed by atoms with Crippen LogP contribution in [0.2, 0.25) is 0 Å². The summed E-state index contributed by atoms with van der Waals surface area (Å²) in [5.41, 5.74) is -0.432. The molecular weight excluding hydrogens is 104 g/mol. The minimum Gasteiger partial charge on any atom is -0.383 e. The van der Waals surface area contributed by atoms with Crippen molar-refractivity contribution < 1.29 is 6.11 Å². The average Bonchev–Trinajstić information content (AvgIpc) is 1.65. The van der Waals surface area contributed by atoms with E-state index in [1.807, 2.05) is 0 Å². The van der Waals surface area contributed by atoms with Gasteiger partial charge in [-0.1, -0.05) is 0 Å². The quantitative estimate of drug-likeness (QED) is 0.402. The van der Waals surface area contributed by atoms with E-state index in [-0.39, 0.29) is 0 Å². The average molecular weight is 117 g/mol. The third-order valence-corrected chi connectivity index (χ3v) is 2.06. The summed E-state index contributed by atoms with van der Waals surface area (Å²) in [5.74, 6) is 0. The highest BCUT2D eigenvalue weighted by molar-refractivity contribution is 6.10. The summed E-state index contributed by atoms with van der Waals surface area (Å²) in [4.78, 5) is 0. The monoisotopic (exact) mass is 117 g/mol. The minimum atomic E-state index is -0.432. The molecule has 0 radical (unpaired) electrons. The summed E-state index contributed by atoms with van der Waals surface area (Å²) in [6.45, 7) is 0.812. The van der Waals surface area contributed by atoms with E-state index in [4.69, 9.17) is 6.11 Å². The van der Waals surface area contributed by atoms with Crippen molar-refractivity contribution in [3.05, 3.63) is 0 Å². The molecular formula is C5H12OSi. The zero-order valence-electron chi connectivity index (χ0n) is 5.74. The van der Waals surface area contributed by atoms with Gasteiger partial charge in [0, 0.05) is 22.6 Å². The van der Waals surface area contributed by atoms with Crippen molar-refractivity contribution in [3.63, 3.8) is 0 Å². The van der Waals surface area contributed by atoms with E-state index >= 15 is 0 Å². The maximum atomic E-state index is 7.47. The second kappa shape index (κ2) is 2.48. The zero-order valence-corrected chi connectivity index (χ0v) is 6.74. The molecule has 0 bridgehead atoms. The first-order valence-corrected chi connectivity index (χ1v) is 3.85. The molecule has 0 aliphatic carbocycles. The van der Waals surface area contributed by atoms with Crippen LogP contribution in [0.25, 0.3) is 0 Å². The van der Waals surface area contributed by atoms with Gasteiger partial charge in [-0.25, -0.2) is 0 Å². The third-order valence-electron chi connectivity index (χ3n) is 1.27. The van der Waals surface area contributed by atoms with Gasteiger partial charge < -0.3 is 4.74 Å². The molecule has 1 aliphatic rings. The molecule has 7 heavy (non-hydrogen) atoms. The van der Waals surface area contributed by atoms with Gasteiger partial charge in [0.05, 0.1) is 1.37 Å². The lowest BCUT2D eigenvalue weighted by molar-refractivity contribution is 0.0675. The predicted molar refractivity (Wildman–Crippen MR) is 33.5 cm³/mol. The van der Waals surface area contributed by atoms with E-state index in [2.05, 4.69) is 0 Å². The Balaban J connectivity index is 2.33. The van der Waals surface area contributed by atoms with Crippen molar-refractivity contribution in [2.24, 2.45) is 0 Å². The van der Waals surface area contributed by atoms with Gasteiger partial charge in [0.15, 0.2) is 0 Å². The summed E-state index contributed by atoms with van der Waals surface area (Å²) in [6, 6.07) is 0. The molecule has 42 valence electrons. The molecule has 1 aliphatic heterocycles. The lowest BCUT2D eigenvalue weighted by Crippen LogP contribution is -2.18. The SMILES string of the molecule is [2H]C1([SiH3])CCCCO1. The van der Waals surface area contributed by atoms with Crippen molar-refractivity contribution in [2.45, 2.75) is 25.0 Å². The van der Waals surface area contributed by atoms with Crippen LogP contribution in [0.3, 0.4) is 0 Å². The van der Waals surface area contributed by atoms with E-state index in [0.717, 1.165) is 29.7 Å². The number of ether oxygens (including phenoxy) is 1. The summed E-state index contributed by atoms with van der Waals surface area (Å²) < 4.78 is 12.7. The maximum Gasteiger partial charge on any atom is 0.0553 e. The fourth-order valence-electron chi connectivity index (χ4n) is 0.795. The van der Waals surface area contributed by atoms with Gasteiger partial charge in [-0.3, -0.25) is 0 Å². The van der Waals surface area contributed by atoms with Crippen LogP contribution < -0.4 is 0 Å². The van der Waals surface area contributed by atoms with E-state index in [0.29, 0.717) is 0 Å². The van der Waals surface area contributed by atoms with Crippen molar-refractivity contribution in [1.82, 2.24) is 0 Å². The maximum absolute atomic E-state index is 7.47. The number of rotatable bonds is 0. The summed E-state index contributed by atoms with van der Waals surface area (Å²) in [5, 5.41) is 0. The first-order valence-electron chi connectivity index (χ1n) is 3.35. The predicted octanol–water partition coefficient (Wildman–Crippen LogP) is -0.122. The van der Waals surface area contributed by atoms with Crippen LogP contribution in [0.4, 0.5) is 0 Å². The molecule has 2 heteroatoms. The summed E-state index contributed by atoms with van der Waals surface area (Å²) in [6.07, 6.45) is 3.30. The molecule has 1 unspecified atom stereocenters. The Morgan fingerprint density at radius 3 is 2.86 bits per heavy atom. The van der Waals surface area contributed by atoms with Gasteiger partial charge in [0.1, 0.15) is 0 Å². The van der Waals surface area contributed by atoms with Gasteiger partial charge >= 0.3 is 0 Å². The molecule has 1 fully saturated rings. The molecule has 1 nitrogen and oxygen atoms in total. The fourth-order valence-corrected chi connectivity index (χ4v) is 1.35. The Morgan fingerprint density at radius 2 is 2.57 bits per heavy atom. The van der Waals surface area contributed by atoms with Crippen LogP contribution in [0.5, 0.6) is 0 Å². The topological polar surface area (TPSA) is 9.23 Å². The molecule has 1 saturated heterocycles. The number of hydrogen-bond donors (Lipinski definition) is 0. The molecule has 0 aromatic carbocycles. The lowest BCUT2D eigenvalue weighted by atomic mass is 10.2. The van der Waals surface area contributed by atoms with E-state index in [1.165, 1.54) is 6.42 Å². The van der Waals surface area contributed by atoms with Crippen molar-refractivity contribution in [2.75, 3.05) is 6.61 Å². The molecule has 1 atom stereocenters. The van der Waals surface area contributed by atoms with Gasteiger partial charge in [0.25, 0.3) is 0 Å². The van der Waals surface area contributed by atoms with E-state index in [9.17, 15) is 0 Å². The van der Waals surface area contributed by atoms with Gasteiger partial charge in [-0.2, -0.15) is 0 Å². The van der Waals surface area contributed by atoms with Crippen LogP contribution in [0.15, 0.2) is 0 Å². The smallest absolute Gasteiger partial charge is 0.0553 e. The van der Waals surface area contributed by atoms with Crippen molar-refractivity contribution >= 4 is 10.2 Å². The van der Waals surface area contributed by atoms with Crippen LogP contribution in [0, 0.1) is 0 Å². The molecule has 0 aromatic heterocycles. The first-order chi connectivity index (χ1) is 3.71. The third kappa shape index (κ3) is 1.61. The van der Waals surface area contributed by atoms with Crippen molar-refractivity contribution in [1.29, 1.82) is 0 Å².